The van der Waals surface area contributed by atoms with Crippen molar-refractivity contribution >= 4 is 34.7 Å². The molecular formula is C24H30N4OS2. The summed E-state index contributed by atoms with van der Waals surface area (Å²) in [4.78, 5) is 14.1. The topological polar surface area (TPSA) is 59.8 Å². The van der Waals surface area contributed by atoms with Crippen LogP contribution in [0.5, 0.6) is 0 Å². The molecule has 1 aliphatic rings. The van der Waals surface area contributed by atoms with E-state index in [9.17, 15) is 4.79 Å². The van der Waals surface area contributed by atoms with Crippen molar-refractivity contribution in [3.63, 3.8) is 0 Å². The molecule has 1 amide bonds. The number of anilines is 1. The molecule has 0 bridgehead atoms. The van der Waals surface area contributed by atoms with Gasteiger partial charge in [0.15, 0.2) is 11.0 Å². The lowest BCUT2D eigenvalue weighted by atomic mass is 9.88. The predicted molar refractivity (Wildman–Crippen MR) is 130 cm³/mol. The van der Waals surface area contributed by atoms with Crippen molar-refractivity contribution in [2.24, 2.45) is 5.92 Å². The molecule has 0 fully saturated rings. The first-order chi connectivity index (χ1) is 14.8. The van der Waals surface area contributed by atoms with Gasteiger partial charge in [-0.3, -0.25) is 9.36 Å². The number of hydrogen-bond donors (Lipinski definition) is 1. The third-order valence-electron chi connectivity index (χ3n) is 6.03. The molecule has 2 heterocycles. The Morgan fingerprint density at radius 1 is 1.32 bits per heavy atom. The fourth-order valence-electron chi connectivity index (χ4n) is 4.09. The average molecular weight is 455 g/mol. The number of rotatable bonds is 6. The van der Waals surface area contributed by atoms with E-state index in [0.717, 1.165) is 41.0 Å². The Kier molecular flexibility index (Phi) is 6.53. The third-order valence-corrected chi connectivity index (χ3v) is 8.03. The van der Waals surface area contributed by atoms with Crippen LogP contribution in [-0.4, -0.2) is 26.4 Å². The van der Waals surface area contributed by atoms with Crippen LogP contribution in [-0.2, 0) is 17.6 Å². The quantitative estimate of drug-likeness (QED) is 0.460. The van der Waals surface area contributed by atoms with Crippen LogP contribution in [0.2, 0.25) is 0 Å². The van der Waals surface area contributed by atoms with Crippen LogP contribution in [0.1, 0.15) is 54.8 Å². The van der Waals surface area contributed by atoms with Gasteiger partial charge in [-0.05, 0) is 75.6 Å². The van der Waals surface area contributed by atoms with Crippen LogP contribution < -0.4 is 5.32 Å². The van der Waals surface area contributed by atoms with E-state index in [2.05, 4.69) is 59.2 Å². The second-order valence-electron chi connectivity index (χ2n) is 8.75. The monoisotopic (exact) mass is 454 g/mol. The number of thioether (sulfide) groups is 1. The summed E-state index contributed by atoms with van der Waals surface area (Å²) >= 11 is 3.30. The van der Waals surface area contributed by atoms with E-state index in [0.29, 0.717) is 5.75 Å². The van der Waals surface area contributed by atoms with Gasteiger partial charge in [0, 0.05) is 27.5 Å². The molecule has 4 rings (SSSR count). The number of carbonyl (C=O) groups excluding carboxylic acids is 1. The van der Waals surface area contributed by atoms with Crippen LogP contribution in [0.3, 0.4) is 0 Å². The molecule has 1 aliphatic carbocycles. The molecule has 2 aromatic heterocycles. The van der Waals surface area contributed by atoms with Crippen LogP contribution in [0.15, 0.2) is 28.7 Å². The van der Waals surface area contributed by atoms with E-state index in [-0.39, 0.29) is 11.9 Å². The van der Waals surface area contributed by atoms with Gasteiger partial charge >= 0.3 is 0 Å². The first kappa shape index (κ1) is 22.1. The Labute approximate surface area is 192 Å². The first-order valence-electron chi connectivity index (χ1n) is 10.9. The van der Waals surface area contributed by atoms with E-state index in [1.165, 1.54) is 39.8 Å². The second kappa shape index (κ2) is 9.17. The molecule has 1 aromatic carbocycles. The van der Waals surface area contributed by atoms with Crippen LogP contribution in [0.25, 0.3) is 11.4 Å². The van der Waals surface area contributed by atoms with Crippen molar-refractivity contribution < 1.29 is 4.79 Å². The molecule has 0 spiro atoms. The molecule has 1 unspecified atom stereocenters. The molecule has 0 saturated carbocycles. The zero-order valence-corrected chi connectivity index (χ0v) is 20.5. The van der Waals surface area contributed by atoms with E-state index in [1.54, 1.807) is 0 Å². The SMILES string of the molecule is Cc1cccc(NC(=O)CSc2nnc(-c3csc4c3CCC(C)C4)n2C(C)C)c1C. The minimum absolute atomic E-state index is 0.0274. The first-order valence-corrected chi connectivity index (χ1v) is 12.7. The largest absolute Gasteiger partial charge is 0.325 e. The van der Waals surface area contributed by atoms with Crippen LogP contribution >= 0.6 is 23.1 Å². The minimum atomic E-state index is -0.0274. The van der Waals surface area contributed by atoms with E-state index >= 15 is 0 Å². The number of benzene rings is 1. The van der Waals surface area contributed by atoms with E-state index in [4.69, 9.17) is 0 Å². The van der Waals surface area contributed by atoms with Gasteiger partial charge in [-0.1, -0.05) is 30.8 Å². The summed E-state index contributed by atoms with van der Waals surface area (Å²) in [6, 6.07) is 6.18. The van der Waals surface area contributed by atoms with Gasteiger partial charge < -0.3 is 5.32 Å². The molecule has 5 nitrogen and oxygen atoms in total. The summed E-state index contributed by atoms with van der Waals surface area (Å²) in [6.45, 7) is 10.7. The molecule has 0 radical (unpaired) electrons. The smallest absolute Gasteiger partial charge is 0.234 e. The number of amides is 1. The van der Waals surface area contributed by atoms with Gasteiger partial charge in [0.05, 0.1) is 5.75 Å². The minimum Gasteiger partial charge on any atom is -0.325 e. The standard InChI is InChI=1S/C24H30N4OS2/c1-14(2)28-23(19-12-30-21-11-15(3)9-10-18(19)21)26-27-24(28)31-13-22(29)25-20-8-6-7-16(4)17(20)5/h6-8,12,14-15H,9-11,13H2,1-5H3,(H,25,29). The fraction of sp³-hybridized carbons (Fsp3) is 0.458. The van der Waals surface area contributed by atoms with E-state index in [1.807, 2.05) is 30.4 Å². The summed E-state index contributed by atoms with van der Waals surface area (Å²) in [5, 5.41) is 15.1. The Bertz CT molecular complexity index is 1100. The summed E-state index contributed by atoms with van der Waals surface area (Å²) < 4.78 is 2.18. The van der Waals surface area contributed by atoms with Crippen LogP contribution in [0, 0.1) is 19.8 Å². The summed E-state index contributed by atoms with van der Waals surface area (Å²) in [5.41, 5.74) is 5.81. The molecule has 1 N–H and O–H groups in total. The van der Waals surface area contributed by atoms with Crippen molar-refractivity contribution in [3.05, 3.63) is 45.1 Å². The van der Waals surface area contributed by atoms with Gasteiger partial charge in [0.25, 0.3) is 0 Å². The van der Waals surface area contributed by atoms with Gasteiger partial charge in [-0.25, -0.2) is 0 Å². The van der Waals surface area contributed by atoms with Crippen molar-refractivity contribution in [1.82, 2.24) is 14.8 Å². The molecule has 0 aliphatic heterocycles. The Balaban J connectivity index is 1.52. The van der Waals surface area contributed by atoms with E-state index < -0.39 is 0 Å². The molecule has 0 saturated heterocycles. The Hall–Kier alpha value is -2.12. The number of fused-ring (bicyclic) bond motifs is 1. The highest BCUT2D eigenvalue weighted by Gasteiger charge is 2.25. The highest BCUT2D eigenvalue weighted by molar-refractivity contribution is 7.99. The second-order valence-corrected chi connectivity index (χ2v) is 10.7. The predicted octanol–water partition coefficient (Wildman–Crippen LogP) is 6.06. The van der Waals surface area contributed by atoms with Crippen molar-refractivity contribution in [2.75, 3.05) is 11.1 Å². The van der Waals surface area contributed by atoms with Crippen molar-refractivity contribution in [3.8, 4) is 11.4 Å². The number of aryl methyl sites for hydroxylation is 1. The highest BCUT2D eigenvalue weighted by Crippen LogP contribution is 2.39. The zero-order chi connectivity index (χ0) is 22.1. The molecular weight excluding hydrogens is 424 g/mol. The lowest BCUT2D eigenvalue weighted by Gasteiger charge is -2.19. The normalized spacial score (nSPS) is 15.9. The number of thiophene rings is 1. The number of aromatic nitrogens is 3. The van der Waals surface area contributed by atoms with Gasteiger partial charge in [0.2, 0.25) is 5.91 Å². The lowest BCUT2D eigenvalue weighted by Crippen LogP contribution is -2.16. The zero-order valence-electron chi connectivity index (χ0n) is 18.9. The molecule has 31 heavy (non-hydrogen) atoms. The Morgan fingerprint density at radius 2 is 2.13 bits per heavy atom. The fourth-order valence-corrected chi connectivity index (χ4v) is 6.20. The van der Waals surface area contributed by atoms with Crippen molar-refractivity contribution in [2.45, 2.75) is 65.1 Å². The summed E-state index contributed by atoms with van der Waals surface area (Å²) in [5.74, 6) is 1.96. The van der Waals surface area contributed by atoms with Crippen molar-refractivity contribution in [1.29, 1.82) is 0 Å². The highest BCUT2D eigenvalue weighted by atomic mass is 32.2. The number of carbonyl (C=O) groups is 1. The number of nitrogens with one attached hydrogen (secondary N) is 1. The van der Waals surface area contributed by atoms with Gasteiger partial charge in [0.1, 0.15) is 0 Å². The van der Waals surface area contributed by atoms with Gasteiger partial charge in [-0.15, -0.1) is 21.5 Å². The number of hydrogen-bond acceptors (Lipinski definition) is 5. The summed E-state index contributed by atoms with van der Waals surface area (Å²) in [7, 11) is 0. The molecule has 7 heteroatoms. The average Bonchev–Trinajstić information content (AvgIpc) is 3.33. The maximum absolute atomic E-state index is 12.6. The van der Waals surface area contributed by atoms with Gasteiger partial charge in [-0.2, -0.15) is 0 Å². The molecule has 3 aromatic rings. The summed E-state index contributed by atoms with van der Waals surface area (Å²) in [6.07, 6.45) is 3.50. The van der Waals surface area contributed by atoms with Crippen LogP contribution in [0.4, 0.5) is 5.69 Å². The maximum atomic E-state index is 12.6. The third kappa shape index (κ3) is 4.58. The Morgan fingerprint density at radius 3 is 2.90 bits per heavy atom. The lowest BCUT2D eigenvalue weighted by molar-refractivity contribution is -0.113. The maximum Gasteiger partial charge on any atom is 0.234 e. The molecule has 164 valence electrons. The number of nitrogens with zero attached hydrogens (tertiary/aromatic N) is 3. The molecule has 1 atom stereocenters.